The van der Waals surface area contributed by atoms with Crippen LogP contribution in [0.5, 0.6) is 0 Å². The predicted molar refractivity (Wildman–Crippen MR) is 129 cm³/mol. The highest BCUT2D eigenvalue weighted by Crippen LogP contribution is 2.27. The van der Waals surface area contributed by atoms with Gasteiger partial charge in [-0.1, -0.05) is 60.7 Å². The molecule has 31 heavy (non-hydrogen) atoms. The second kappa shape index (κ2) is 8.54. The minimum absolute atomic E-state index is 0.716. The molecule has 2 N–H and O–H groups in total. The van der Waals surface area contributed by atoms with Crippen molar-refractivity contribution in [1.29, 1.82) is 0 Å². The summed E-state index contributed by atoms with van der Waals surface area (Å²) >= 11 is 0. The monoisotopic (exact) mass is 404 g/mol. The summed E-state index contributed by atoms with van der Waals surface area (Å²) in [4.78, 5) is 9.22. The summed E-state index contributed by atoms with van der Waals surface area (Å²) in [6.45, 7) is 0.716. The number of pyridine rings is 1. The highest BCUT2D eigenvalue weighted by Gasteiger charge is 2.10. The van der Waals surface area contributed by atoms with Crippen LogP contribution in [0.15, 0.2) is 85.3 Å². The number of rotatable bonds is 6. The van der Waals surface area contributed by atoms with Crippen molar-refractivity contribution in [3.8, 4) is 5.69 Å². The van der Waals surface area contributed by atoms with Crippen molar-refractivity contribution >= 4 is 34.1 Å². The van der Waals surface area contributed by atoms with Gasteiger partial charge in [-0.05, 0) is 60.3 Å². The van der Waals surface area contributed by atoms with Gasteiger partial charge in [0, 0.05) is 11.1 Å². The van der Waals surface area contributed by atoms with Crippen LogP contribution in [0.4, 0.5) is 0 Å². The zero-order valence-electron chi connectivity index (χ0n) is 17.3. The van der Waals surface area contributed by atoms with Crippen LogP contribution in [0.2, 0.25) is 0 Å². The van der Waals surface area contributed by atoms with Crippen LogP contribution in [0.25, 0.3) is 39.8 Å². The van der Waals surface area contributed by atoms with Crippen molar-refractivity contribution in [2.24, 2.45) is 5.73 Å². The summed E-state index contributed by atoms with van der Waals surface area (Å²) in [6, 6.07) is 25.4. The van der Waals surface area contributed by atoms with Crippen LogP contribution in [0, 0.1) is 0 Å². The summed E-state index contributed by atoms with van der Waals surface area (Å²) in [5.74, 6) is 0. The fraction of sp³-hybridized carbons (Fsp3) is 0.111. The first-order valence-corrected chi connectivity index (χ1v) is 10.6. The summed E-state index contributed by atoms with van der Waals surface area (Å²) in [5.41, 5.74) is 13.3. The number of nitrogens with zero attached hydrogens (tertiary/aromatic N) is 3. The smallest absolute Gasteiger partial charge is 0.108 e. The normalized spacial score (nSPS) is 11.6. The average molecular weight is 405 g/mol. The molecule has 0 spiro atoms. The van der Waals surface area contributed by atoms with E-state index < -0.39 is 0 Å². The van der Waals surface area contributed by atoms with E-state index in [0.29, 0.717) is 6.54 Å². The zero-order chi connectivity index (χ0) is 21.0. The Morgan fingerprint density at radius 3 is 2.42 bits per heavy atom. The molecule has 3 aromatic carbocycles. The van der Waals surface area contributed by atoms with Crippen LogP contribution in [0.1, 0.15) is 23.1 Å². The Labute approximate surface area is 181 Å². The van der Waals surface area contributed by atoms with Gasteiger partial charge in [-0.25, -0.2) is 4.98 Å². The van der Waals surface area contributed by atoms with Crippen LogP contribution >= 0.6 is 0 Å². The van der Waals surface area contributed by atoms with Crippen molar-refractivity contribution in [3.05, 3.63) is 102 Å². The highest BCUT2D eigenvalue weighted by molar-refractivity contribution is 6.03. The molecular formula is C27H24N4. The van der Waals surface area contributed by atoms with Crippen LogP contribution in [0.3, 0.4) is 0 Å². The number of hydrogen-bond acceptors (Lipinski definition) is 3. The maximum atomic E-state index is 5.64. The van der Waals surface area contributed by atoms with Gasteiger partial charge < -0.3 is 5.73 Å². The van der Waals surface area contributed by atoms with E-state index in [9.17, 15) is 0 Å². The number of benzene rings is 3. The molecule has 0 aliphatic rings. The molecule has 0 saturated heterocycles. The van der Waals surface area contributed by atoms with Gasteiger partial charge in [-0.2, -0.15) is 0 Å². The standard InChI is InChI=1S/C27H24N4/c28-16-4-7-21-10-13-23(14-11-21)31-19-30-26-18-29-25-15-12-22(17-24(25)27(26)31)9-8-20-5-2-1-3-6-20/h1-3,5-6,8-15,17-19H,4,7,16,28H2/b9-8+. The molecule has 5 aromatic rings. The minimum atomic E-state index is 0.716. The SMILES string of the molecule is NCCCc1ccc(-n2cnc3cnc4ccc(/C=C/c5ccccc5)cc4c32)cc1. The Kier molecular flexibility index (Phi) is 5.29. The Hall–Kier alpha value is -3.76. The fourth-order valence-electron chi connectivity index (χ4n) is 3.90. The fourth-order valence-corrected chi connectivity index (χ4v) is 3.90. The Morgan fingerprint density at radius 2 is 1.61 bits per heavy atom. The molecule has 4 heteroatoms. The molecule has 0 atom stereocenters. The molecule has 0 aliphatic heterocycles. The van der Waals surface area contributed by atoms with E-state index in [1.807, 2.05) is 30.7 Å². The first-order valence-electron chi connectivity index (χ1n) is 10.6. The van der Waals surface area contributed by atoms with Gasteiger partial charge in [-0.15, -0.1) is 0 Å². The summed E-state index contributed by atoms with van der Waals surface area (Å²) < 4.78 is 2.15. The molecule has 4 nitrogen and oxygen atoms in total. The van der Waals surface area contributed by atoms with Gasteiger partial charge in [0.05, 0.1) is 17.2 Å². The van der Waals surface area contributed by atoms with Crippen molar-refractivity contribution in [1.82, 2.24) is 14.5 Å². The van der Waals surface area contributed by atoms with E-state index in [2.05, 4.69) is 81.3 Å². The molecule has 0 unspecified atom stereocenters. The molecular weight excluding hydrogens is 380 g/mol. The third kappa shape index (κ3) is 3.98. The first kappa shape index (κ1) is 19.2. The lowest BCUT2D eigenvalue weighted by molar-refractivity contribution is 0.832. The van der Waals surface area contributed by atoms with E-state index in [0.717, 1.165) is 46.0 Å². The van der Waals surface area contributed by atoms with Crippen molar-refractivity contribution < 1.29 is 0 Å². The second-order valence-corrected chi connectivity index (χ2v) is 7.69. The maximum absolute atomic E-state index is 5.64. The third-order valence-corrected chi connectivity index (χ3v) is 5.55. The largest absolute Gasteiger partial charge is 0.330 e. The van der Waals surface area contributed by atoms with Crippen molar-refractivity contribution in [2.45, 2.75) is 12.8 Å². The number of aryl methyl sites for hydroxylation is 1. The van der Waals surface area contributed by atoms with Gasteiger partial charge in [0.1, 0.15) is 11.8 Å². The lowest BCUT2D eigenvalue weighted by Gasteiger charge is -2.08. The van der Waals surface area contributed by atoms with Crippen molar-refractivity contribution in [2.75, 3.05) is 6.54 Å². The van der Waals surface area contributed by atoms with Crippen LogP contribution in [-0.4, -0.2) is 21.1 Å². The number of imidazole rings is 1. The molecule has 0 bridgehead atoms. The summed E-state index contributed by atoms with van der Waals surface area (Å²) in [5, 5.41) is 1.09. The van der Waals surface area contributed by atoms with Gasteiger partial charge in [-0.3, -0.25) is 9.55 Å². The molecule has 152 valence electrons. The zero-order valence-corrected chi connectivity index (χ0v) is 17.3. The lowest BCUT2D eigenvalue weighted by atomic mass is 10.1. The lowest BCUT2D eigenvalue weighted by Crippen LogP contribution is -2.00. The highest BCUT2D eigenvalue weighted by atomic mass is 15.1. The van der Waals surface area contributed by atoms with Crippen molar-refractivity contribution in [3.63, 3.8) is 0 Å². The third-order valence-electron chi connectivity index (χ3n) is 5.55. The summed E-state index contributed by atoms with van der Waals surface area (Å²) in [7, 11) is 0. The maximum Gasteiger partial charge on any atom is 0.108 e. The quantitative estimate of drug-likeness (QED) is 0.373. The van der Waals surface area contributed by atoms with Gasteiger partial charge in [0.2, 0.25) is 0 Å². The van der Waals surface area contributed by atoms with Gasteiger partial charge in [0.25, 0.3) is 0 Å². The van der Waals surface area contributed by atoms with Crippen LogP contribution < -0.4 is 5.73 Å². The number of fused-ring (bicyclic) bond motifs is 3. The molecule has 0 radical (unpaired) electrons. The molecule has 0 fully saturated rings. The predicted octanol–water partition coefficient (Wildman–Crippen LogP) is 5.64. The Balaban J connectivity index is 1.57. The van der Waals surface area contributed by atoms with E-state index >= 15 is 0 Å². The van der Waals surface area contributed by atoms with E-state index in [-0.39, 0.29) is 0 Å². The molecule has 2 aromatic heterocycles. The van der Waals surface area contributed by atoms with Crippen LogP contribution in [-0.2, 0) is 6.42 Å². The molecule has 0 aliphatic carbocycles. The van der Waals surface area contributed by atoms with Gasteiger partial charge >= 0.3 is 0 Å². The first-order chi connectivity index (χ1) is 15.3. The van der Waals surface area contributed by atoms with Gasteiger partial charge in [0.15, 0.2) is 0 Å². The Morgan fingerprint density at radius 1 is 0.806 bits per heavy atom. The summed E-state index contributed by atoms with van der Waals surface area (Å²) in [6.07, 6.45) is 10.0. The molecule has 5 rings (SSSR count). The minimum Gasteiger partial charge on any atom is -0.330 e. The molecule has 0 saturated carbocycles. The molecule has 0 amide bonds. The van der Waals surface area contributed by atoms with E-state index in [4.69, 9.17) is 5.73 Å². The molecule has 2 heterocycles. The topological polar surface area (TPSA) is 56.7 Å². The Bertz CT molecular complexity index is 1350. The average Bonchev–Trinajstić information content (AvgIpc) is 3.27. The number of hydrogen-bond donors (Lipinski definition) is 1. The van der Waals surface area contributed by atoms with E-state index in [1.54, 1.807) is 0 Å². The van der Waals surface area contributed by atoms with E-state index in [1.165, 1.54) is 11.1 Å². The number of nitrogens with two attached hydrogens (primary N) is 1. The number of aromatic nitrogens is 3. The second-order valence-electron chi connectivity index (χ2n) is 7.69.